The van der Waals surface area contributed by atoms with Crippen LogP contribution in [-0.4, -0.2) is 84.2 Å². The van der Waals surface area contributed by atoms with E-state index in [0.29, 0.717) is 64.2 Å². The van der Waals surface area contributed by atoms with E-state index >= 15 is 0 Å². The summed E-state index contributed by atoms with van der Waals surface area (Å²) in [5, 5.41) is 6.94. The molecule has 0 aliphatic carbocycles. The average Bonchev–Trinajstić information content (AvgIpc) is 3.53. The third-order valence-electron chi connectivity index (χ3n) is 7.88. The van der Waals surface area contributed by atoms with Crippen LogP contribution in [0.3, 0.4) is 0 Å². The van der Waals surface area contributed by atoms with E-state index in [-0.39, 0.29) is 24.9 Å². The minimum Gasteiger partial charge on any atom is -0.493 e. The number of amides is 2. The molecule has 14 heteroatoms. The lowest BCUT2D eigenvalue weighted by Gasteiger charge is -2.41. The molecule has 3 aromatic heterocycles. The van der Waals surface area contributed by atoms with Gasteiger partial charge in [0, 0.05) is 37.9 Å². The number of para-hydroxylation sites is 1. The number of methoxy groups -OCH3 is 1. The molecular formula is C32H32ClFN8O3S. The Morgan fingerprint density at radius 1 is 1.11 bits per heavy atom. The first-order valence-electron chi connectivity index (χ1n) is 14.6. The smallest absolute Gasteiger partial charge is 0.267 e. The van der Waals surface area contributed by atoms with Gasteiger partial charge in [0.25, 0.3) is 5.91 Å². The van der Waals surface area contributed by atoms with Crippen LogP contribution < -0.4 is 25.2 Å². The van der Waals surface area contributed by atoms with Gasteiger partial charge in [0.15, 0.2) is 22.5 Å². The Bertz CT molecular complexity index is 1770. The van der Waals surface area contributed by atoms with Crippen molar-refractivity contribution in [2.45, 2.75) is 13.1 Å². The van der Waals surface area contributed by atoms with Crippen LogP contribution in [0.4, 0.5) is 32.5 Å². The first kappa shape index (κ1) is 31.2. The number of thiazole rings is 1. The molecule has 1 aromatic carbocycles. The molecule has 0 saturated carbocycles. The van der Waals surface area contributed by atoms with Gasteiger partial charge in [0.2, 0.25) is 5.91 Å². The fourth-order valence-corrected chi connectivity index (χ4v) is 6.30. The number of benzene rings is 1. The van der Waals surface area contributed by atoms with E-state index in [2.05, 4.69) is 27.1 Å². The molecule has 0 spiro atoms. The van der Waals surface area contributed by atoms with Crippen molar-refractivity contribution in [1.82, 2.24) is 19.9 Å². The molecule has 2 aliphatic heterocycles. The third kappa shape index (κ3) is 6.46. The quantitative estimate of drug-likeness (QED) is 0.222. The Labute approximate surface area is 274 Å². The highest BCUT2D eigenvalue weighted by Gasteiger charge is 2.31. The van der Waals surface area contributed by atoms with Gasteiger partial charge in [0.05, 0.1) is 48.5 Å². The second kappa shape index (κ2) is 13.3. The lowest BCUT2D eigenvalue weighted by Crippen LogP contribution is -2.51. The van der Waals surface area contributed by atoms with Gasteiger partial charge >= 0.3 is 0 Å². The van der Waals surface area contributed by atoms with Crippen LogP contribution in [0.2, 0.25) is 5.02 Å². The predicted octanol–water partition coefficient (Wildman–Crippen LogP) is 5.56. The summed E-state index contributed by atoms with van der Waals surface area (Å²) in [6, 6.07) is 11.0. The standard InChI is InChI=1S/C32H32ClFN8O3S/c1-4-27(43)40-10-12-41(13-11-40)30-24(42-17-21(34)18-42)14-20(15-35-30)23-8-9-25(45-3)29(37-23)39-32-36-16-26(46-32)31(44)38-28-19(2)6-5-7-22(28)33/h4-9,14-16,21H,1,10-13,17-18H2,2-3H3,(H,38,44)(H,36,37,39). The molecule has 46 heavy (non-hydrogen) atoms. The zero-order chi connectivity index (χ0) is 32.4. The highest BCUT2D eigenvalue weighted by Crippen LogP contribution is 2.37. The van der Waals surface area contributed by atoms with E-state index < -0.39 is 6.17 Å². The number of aromatic nitrogens is 3. The molecule has 0 atom stereocenters. The van der Waals surface area contributed by atoms with Crippen molar-refractivity contribution in [1.29, 1.82) is 0 Å². The maximum absolute atomic E-state index is 14.0. The molecule has 6 rings (SSSR count). The normalized spacial score (nSPS) is 14.9. The van der Waals surface area contributed by atoms with E-state index in [1.54, 1.807) is 30.3 Å². The van der Waals surface area contributed by atoms with Crippen molar-refractivity contribution in [2.75, 3.05) is 66.8 Å². The monoisotopic (exact) mass is 662 g/mol. The fraction of sp³-hybridized carbons (Fsp3) is 0.281. The van der Waals surface area contributed by atoms with Gasteiger partial charge in [-0.15, -0.1) is 0 Å². The SMILES string of the molecule is C=CC(=O)N1CCN(c2ncc(-c3ccc(OC)c(Nc4ncc(C(=O)Nc5c(C)cccc5Cl)s4)n3)cc2N2CC(F)C2)CC1. The number of nitrogens with zero attached hydrogens (tertiary/aromatic N) is 6. The zero-order valence-corrected chi connectivity index (χ0v) is 26.9. The third-order valence-corrected chi connectivity index (χ3v) is 9.11. The molecule has 11 nitrogen and oxygen atoms in total. The van der Waals surface area contributed by atoms with Gasteiger partial charge in [-0.3, -0.25) is 9.59 Å². The zero-order valence-electron chi connectivity index (χ0n) is 25.3. The molecule has 0 radical (unpaired) electrons. The van der Waals surface area contributed by atoms with Gasteiger partial charge < -0.3 is 30.1 Å². The van der Waals surface area contributed by atoms with Crippen LogP contribution in [0.25, 0.3) is 11.3 Å². The summed E-state index contributed by atoms with van der Waals surface area (Å²) < 4.78 is 19.5. The van der Waals surface area contributed by atoms with Gasteiger partial charge in [-0.05, 0) is 42.8 Å². The van der Waals surface area contributed by atoms with Gasteiger partial charge in [-0.1, -0.05) is 41.6 Å². The highest BCUT2D eigenvalue weighted by atomic mass is 35.5. The number of piperazine rings is 1. The highest BCUT2D eigenvalue weighted by molar-refractivity contribution is 7.17. The molecule has 0 unspecified atom stereocenters. The molecule has 4 aromatic rings. The molecule has 238 valence electrons. The van der Waals surface area contributed by atoms with E-state index in [0.717, 1.165) is 34.0 Å². The number of anilines is 5. The molecule has 0 bridgehead atoms. The summed E-state index contributed by atoms with van der Waals surface area (Å²) in [4.78, 5) is 45.2. The number of halogens is 2. The fourth-order valence-electron chi connectivity index (χ4n) is 5.32. The topological polar surface area (TPSA) is 116 Å². The van der Waals surface area contributed by atoms with Gasteiger partial charge in [-0.2, -0.15) is 0 Å². The summed E-state index contributed by atoms with van der Waals surface area (Å²) in [7, 11) is 1.54. The molecule has 2 fully saturated rings. The van der Waals surface area contributed by atoms with Crippen molar-refractivity contribution in [3.05, 3.63) is 76.9 Å². The Kier molecular flexibility index (Phi) is 9.04. The number of pyridine rings is 2. The van der Waals surface area contributed by atoms with Crippen molar-refractivity contribution in [3.63, 3.8) is 0 Å². The minimum absolute atomic E-state index is 0.0920. The Balaban J connectivity index is 1.23. The summed E-state index contributed by atoms with van der Waals surface area (Å²) in [5.74, 6) is 1.21. The van der Waals surface area contributed by atoms with Crippen molar-refractivity contribution in [3.8, 4) is 17.0 Å². The number of alkyl halides is 1. The molecule has 5 heterocycles. The number of hydrogen-bond acceptors (Lipinski definition) is 10. The maximum atomic E-state index is 14.0. The minimum atomic E-state index is -0.896. The maximum Gasteiger partial charge on any atom is 0.267 e. The van der Waals surface area contributed by atoms with Gasteiger partial charge in [-0.25, -0.2) is 19.3 Å². The average molecular weight is 663 g/mol. The van der Waals surface area contributed by atoms with Crippen LogP contribution in [0.1, 0.15) is 15.2 Å². The number of carbonyl (C=O) groups excluding carboxylic acids is 2. The van der Waals surface area contributed by atoms with E-state index in [9.17, 15) is 14.0 Å². The van der Waals surface area contributed by atoms with E-state index in [1.165, 1.54) is 12.3 Å². The number of carbonyl (C=O) groups is 2. The van der Waals surface area contributed by atoms with Crippen LogP contribution in [0.5, 0.6) is 5.75 Å². The second-order valence-corrected chi connectivity index (χ2v) is 12.3. The first-order valence-corrected chi connectivity index (χ1v) is 15.8. The number of ether oxygens (including phenoxy) is 1. The van der Waals surface area contributed by atoms with Crippen molar-refractivity contribution >= 4 is 62.9 Å². The largest absolute Gasteiger partial charge is 0.493 e. The summed E-state index contributed by atoms with van der Waals surface area (Å²) in [6.07, 6.45) is 3.66. The number of rotatable bonds is 9. The van der Waals surface area contributed by atoms with Crippen molar-refractivity contribution < 1.29 is 18.7 Å². The number of hydrogen-bond donors (Lipinski definition) is 2. The number of aryl methyl sites for hydroxylation is 1. The van der Waals surface area contributed by atoms with Crippen LogP contribution in [0.15, 0.2) is 61.4 Å². The van der Waals surface area contributed by atoms with Gasteiger partial charge in [0.1, 0.15) is 11.0 Å². The van der Waals surface area contributed by atoms with E-state index in [4.69, 9.17) is 26.3 Å². The summed E-state index contributed by atoms with van der Waals surface area (Å²) >= 11 is 7.45. The summed E-state index contributed by atoms with van der Waals surface area (Å²) in [6.45, 7) is 8.33. The molecule has 2 N–H and O–H groups in total. The summed E-state index contributed by atoms with van der Waals surface area (Å²) in [5.41, 5.74) is 3.57. The predicted molar refractivity (Wildman–Crippen MR) is 180 cm³/mol. The molecule has 2 aliphatic rings. The van der Waals surface area contributed by atoms with Crippen molar-refractivity contribution in [2.24, 2.45) is 0 Å². The molecule has 2 saturated heterocycles. The van der Waals surface area contributed by atoms with Crippen LogP contribution >= 0.6 is 22.9 Å². The Morgan fingerprint density at radius 2 is 1.89 bits per heavy atom. The number of nitrogens with one attached hydrogen (secondary N) is 2. The van der Waals surface area contributed by atoms with E-state index in [1.807, 2.05) is 36.1 Å². The second-order valence-electron chi connectivity index (χ2n) is 10.9. The Hall–Kier alpha value is -4.75. The lowest BCUT2D eigenvalue weighted by atomic mass is 10.1. The Morgan fingerprint density at radius 3 is 2.59 bits per heavy atom. The molecular weight excluding hydrogens is 631 g/mol. The molecule has 2 amide bonds. The van der Waals surface area contributed by atoms with Crippen LogP contribution in [0, 0.1) is 6.92 Å². The lowest BCUT2D eigenvalue weighted by molar-refractivity contribution is -0.126. The first-order chi connectivity index (χ1) is 22.2. The van der Waals surface area contributed by atoms with Crippen LogP contribution in [-0.2, 0) is 4.79 Å².